The van der Waals surface area contributed by atoms with E-state index < -0.39 is 0 Å². The third-order valence-electron chi connectivity index (χ3n) is 4.14. The molecule has 2 rings (SSSR count). The standard InChI is InChI=1S/C14H28N2/c1-13(2,3)15-9-11-6-7-16(10-11)12-8-14(12,4)5/h11-12,15H,6-10H2,1-5H3. The maximum Gasteiger partial charge on any atom is 0.0153 e. The third kappa shape index (κ3) is 2.98. The van der Waals surface area contributed by atoms with Gasteiger partial charge in [-0.25, -0.2) is 0 Å². The minimum Gasteiger partial charge on any atom is -0.312 e. The Bertz CT molecular complexity index is 252. The quantitative estimate of drug-likeness (QED) is 0.792. The third-order valence-corrected chi connectivity index (χ3v) is 4.14. The molecule has 1 heterocycles. The summed E-state index contributed by atoms with van der Waals surface area (Å²) in [4.78, 5) is 2.72. The molecule has 1 aliphatic heterocycles. The van der Waals surface area contributed by atoms with Crippen LogP contribution in [0.2, 0.25) is 0 Å². The first-order valence-electron chi connectivity index (χ1n) is 6.77. The molecule has 0 spiro atoms. The van der Waals surface area contributed by atoms with E-state index >= 15 is 0 Å². The molecule has 2 fully saturated rings. The molecule has 2 atom stereocenters. The van der Waals surface area contributed by atoms with Crippen molar-refractivity contribution in [3.05, 3.63) is 0 Å². The van der Waals surface area contributed by atoms with Gasteiger partial charge >= 0.3 is 0 Å². The second-order valence-corrected chi connectivity index (χ2v) is 7.49. The van der Waals surface area contributed by atoms with Gasteiger partial charge in [-0.15, -0.1) is 0 Å². The summed E-state index contributed by atoms with van der Waals surface area (Å²) in [7, 11) is 0. The van der Waals surface area contributed by atoms with E-state index in [0.29, 0.717) is 5.41 Å². The summed E-state index contributed by atoms with van der Waals surface area (Å²) in [6.07, 6.45) is 2.79. The molecule has 1 N–H and O–H groups in total. The fraction of sp³-hybridized carbons (Fsp3) is 1.00. The Morgan fingerprint density at radius 1 is 1.31 bits per heavy atom. The van der Waals surface area contributed by atoms with Crippen molar-refractivity contribution in [2.45, 2.75) is 59.0 Å². The summed E-state index contributed by atoms with van der Waals surface area (Å²) in [5, 5.41) is 3.64. The molecule has 2 aliphatic rings. The minimum absolute atomic E-state index is 0.270. The Morgan fingerprint density at radius 3 is 2.44 bits per heavy atom. The average molecular weight is 224 g/mol. The number of nitrogens with one attached hydrogen (secondary N) is 1. The van der Waals surface area contributed by atoms with Crippen LogP contribution < -0.4 is 5.32 Å². The van der Waals surface area contributed by atoms with Crippen molar-refractivity contribution in [2.75, 3.05) is 19.6 Å². The van der Waals surface area contributed by atoms with Gasteiger partial charge in [-0.1, -0.05) is 13.8 Å². The van der Waals surface area contributed by atoms with E-state index in [1.807, 2.05) is 0 Å². The molecule has 0 amide bonds. The number of likely N-dealkylation sites (tertiary alicyclic amines) is 1. The topological polar surface area (TPSA) is 15.3 Å². The molecule has 94 valence electrons. The summed E-state index contributed by atoms with van der Waals surface area (Å²) < 4.78 is 0. The zero-order chi connectivity index (χ0) is 12.0. The summed E-state index contributed by atoms with van der Waals surface area (Å²) in [5.74, 6) is 0.871. The summed E-state index contributed by atoms with van der Waals surface area (Å²) in [6, 6.07) is 0.882. The lowest BCUT2D eigenvalue weighted by molar-refractivity contribution is 0.273. The summed E-state index contributed by atoms with van der Waals surface area (Å²) in [6.45, 7) is 15.4. The monoisotopic (exact) mass is 224 g/mol. The Kier molecular flexibility index (Phi) is 3.09. The van der Waals surface area contributed by atoms with E-state index in [2.05, 4.69) is 44.8 Å². The number of hydrogen-bond donors (Lipinski definition) is 1. The van der Waals surface area contributed by atoms with Crippen molar-refractivity contribution in [1.82, 2.24) is 10.2 Å². The van der Waals surface area contributed by atoms with Crippen LogP contribution in [0.5, 0.6) is 0 Å². The predicted octanol–water partition coefficient (Wildman–Crippen LogP) is 2.49. The molecule has 0 aromatic heterocycles. The number of nitrogens with zero attached hydrogens (tertiary/aromatic N) is 1. The molecule has 0 bridgehead atoms. The van der Waals surface area contributed by atoms with Crippen LogP contribution in [0.3, 0.4) is 0 Å². The molecule has 0 aromatic carbocycles. The zero-order valence-electron chi connectivity index (χ0n) is 11.6. The first-order chi connectivity index (χ1) is 7.28. The average Bonchev–Trinajstić information content (AvgIpc) is 2.62. The molecular formula is C14H28N2. The highest BCUT2D eigenvalue weighted by Crippen LogP contribution is 2.49. The molecular weight excluding hydrogens is 196 g/mol. The van der Waals surface area contributed by atoms with Gasteiger partial charge in [0.05, 0.1) is 0 Å². The van der Waals surface area contributed by atoms with Gasteiger partial charge in [0.2, 0.25) is 0 Å². The van der Waals surface area contributed by atoms with Gasteiger partial charge in [0, 0.05) is 18.1 Å². The Morgan fingerprint density at radius 2 is 1.94 bits per heavy atom. The second-order valence-electron chi connectivity index (χ2n) is 7.49. The summed E-state index contributed by atoms with van der Waals surface area (Å²) in [5.41, 5.74) is 0.874. The molecule has 0 aromatic rings. The van der Waals surface area contributed by atoms with Crippen LogP contribution in [0.15, 0.2) is 0 Å². The Balaban J connectivity index is 1.72. The van der Waals surface area contributed by atoms with Gasteiger partial charge in [-0.2, -0.15) is 0 Å². The molecule has 0 radical (unpaired) electrons. The van der Waals surface area contributed by atoms with E-state index in [-0.39, 0.29) is 5.54 Å². The lowest BCUT2D eigenvalue weighted by Gasteiger charge is -2.23. The maximum atomic E-state index is 3.64. The minimum atomic E-state index is 0.270. The van der Waals surface area contributed by atoms with Gasteiger partial charge in [0.1, 0.15) is 0 Å². The lowest BCUT2D eigenvalue weighted by atomic mass is 10.1. The number of rotatable bonds is 3. The highest BCUT2D eigenvalue weighted by atomic mass is 15.2. The van der Waals surface area contributed by atoms with Crippen LogP contribution >= 0.6 is 0 Å². The largest absolute Gasteiger partial charge is 0.312 e. The highest BCUT2D eigenvalue weighted by Gasteiger charge is 2.50. The molecule has 2 nitrogen and oxygen atoms in total. The van der Waals surface area contributed by atoms with Crippen LogP contribution in [0.4, 0.5) is 0 Å². The molecule has 2 heteroatoms. The van der Waals surface area contributed by atoms with Crippen LogP contribution in [0.25, 0.3) is 0 Å². The smallest absolute Gasteiger partial charge is 0.0153 e. The Hall–Kier alpha value is -0.0800. The normalized spacial score (nSPS) is 34.3. The van der Waals surface area contributed by atoms with Crippen molar-refractivity contribution >= 4 is 0 Å². The second kappa shape index (κ2) is 3.99. The van der Waals surface area contributed by atoms with Crippen LogP contribution in [0, 0.1) is 11.3 Å². The fourth-order valence-corrected chi connectivity index (χ4v) is 2.83. The van der Waals surface area contributed by atoms with Crippen molar-refractivity contribution in [3.8, 4) is 0 Å². The molecule has 2 unspecified atom stereocenters. The van der Waals surface area contributed by atoms with E-state index in [0.717, 1.165) is 12.0 Å². The van der Waals surface area contributed by atoms with Crippen LogP contribution in [-0.4, -0.2) is 36.1 Å². The molecule has 16 heavy (non-hydrogen) atoms. The lowest BCUT2D eigenvalue weighted by Crippen LogP contribution is -2.40. The zero-order valence-corrected chi connectivity index (χ0v) is 11.6. The first-order valence-corrected chi connectivity index (χ1v) is 6.77. The van der Waals surface area contributed by atoms with E-state index in [1.165, 1.54) is 32.5 Å². The van der Waals surface area contributed by atoms with Gasteiger partial charge in [-0.3, -0.25) is 4.90 Å². The van der Waals surface area contributed by atoms with Crippen molar-refractivity contribution in [3.63, 3.8) is 0 Å². The van der Waals surface area contributed by atoms with Crippen LogP contribution in [-0.2, 0) is 0 Å². The predicted molar refractivity (Wildman–Crippen MR) is 69.6 cm³/mol. The molecule has 1 aliphatic carbocycles. The van der Waals surface area contributed by atoms with E-state index in [9.17, 15) is 0 Å². The van der Waals surface area contributed by atoms with Crippen molar-refractivity contribution in [1.29, 1.82) is 0 Å². The molecule has 1 saturated carbocycles. The Labute approximate surface area is 101 Å². The van der Waals surface area contributed by atoms with Gasteiger partial charge in [0.15, 0.2) is 0 Å². The first kappa shape index (κ1) is 12.4. The van der Waals surface area contributed by atoms with Crippen molar-refractivity contribution < 1.29 is 0 Å². The van der Waals surface area contributed by atoms with Gasteiger partial charge in [-0.05, 0) is 58.0 Å². The number of hydrogen-bond acceptors (Lipinski definition) is 2. The highest BCUT2D eigenvalue weighted by molar-refractivity contribution is 5.04. The summed E-state index contributed by atoms with van der Waals surface area (Å²) >= 11 is 0. The van der Waals surface area contributed by atoms with Gasteiger partial charge < -0.3 is 5.32 Å². The van der Waals surface area contributed by atoms with E-state index in [1.54, 1.807) is 0 Å². The van der Waals surface area contributed by atoms with Crippen LogP contribution in [0.1, 0.15) is 47.5 Å². The fourth-order valence-electron chi connectivity index (χ4n) is 2.83. The van der Waals surface area contributed by atoms with Gasteiger partial charge in [0.25, 0.3) is 0 Å². The molecule has 1 saturated heterocycles. The van der Waals surface area contributed by atoms with E-state index in [4.69, 9.17) is 0 Å². The van der Waals surface area contributed by atoms with Crippen molar-refractivity contribution in [2.24, 2.45) is 11.3 Å². The maximum absolute atomic E-state index is 3.64. The SMILES string of the molecule is CC(C)(C)NCC1CCN(C2CC2(C)C)C1.